The van der Waals surface area contributed by atoms with E-state index in [0.29, 0.717) is 5.15 Å². The van der Waals surface area contributed by atoms with E-state index >= 15 is 0 Å². The molecule has 3 nitrogen and oxygen atoms in total. The van der Waals surface area contributed by atoms with Gasteiger partial charge in [-0.1, -0.05) is 11.6 Å². The average Bonchev–Trinajstić information content (AvgIpc) is 2.24. The number of aliphatic hydroxyl groups is 1. The summed E-state index contributed by atoms with van der Waals surface area (Å²) in [4.78, 5) is 0. The summed E-state index contributed by atoms with van der Waals surface area (Å²) in [5.74, 6) is 0. The molecule has 0 aliphatic rings. The molecule has 0 saturated heterocycles. The van der Waals surface area contributed by atoms with Gasteiger partial charge in [-0.25, -0.2) is 0 Å². The largest absolute Gasteiger partial charge is 0.393 e. The highest BCUT2D eigenvalue weighted by Gasteiger charge is 2.11. The maximum absolute atomic E-state index is 9.13. The van der Waals surface area contributed by atoms with Crippen LogP contribution >= 0.6 is 11.6 Å². The van der Waals surface area contributed by atoms with Gasteiger partial charge in [-0.3, -0.25) is 4.68 Å². The van der Waals surface area contributed by atoms with Crippen LogP contribution in [-0.4, -0.2) is 21.0 Å². The van der Waals surface area contributed by atoms with Crippen molar-refractivity contribution in [3.63, 3.8) is 0 Å². The lowest BCUT2D eigenvalue weighted by molar-refractivity contribution is 0.185. The normalized spacial score (nSPS) is 13.3. The number of halogens is 1. The predicted molar refractivity (Wildman–Crippen MR) is 53.0 cm³/mol. The highest BCUT2D eigenvalue weighted by atomic mass is 35.5. The van der Waals surface area contributed by atoms with Gasteiger partial charge in [-0.15, -0.1) is 0 Å². The summed E-state index contributed by atoms with van der Waals surface area (Å²) in [5, 5.41) is 14.0. The number of hydrogen-bond acceptors (Lipinski definition) is 2. The van der Waals surface area contributed by atoms with E-state index in [2.05, 4.69) is 5.10 Å². The van der Waals surface area contributed by atoms with E-state index in [9.17, 15) is 0 Å². The summed E-state index contributed by atoms with van der Waals surface area (Å²) in [7, 11) is 1.82. The number of aryl methyl sites for hydroxylation is 2. The van der Waals surface area contributed by atoms with Crippen molar-refractivity contribution in [2.75, 3.05) is 0 Å². The third-order valence-corrected chi connectivity index (χ3v) is 2.55. The number of aliphatic hydroxyl groups excluding tert-OH is 1. The lowest BCUT2D eigenvalue weighted by Gasteiger charge is -2.03. The smallest absolute Gasteiger partial charge is 0.130 e. The molecule has 1 aromatic heterocycles. The fourth-order valence-electron chi connectivity index (χ4n) is 1.31. The first-order valence-corrected chi connectivity index (χ1v) is 4.76. The standard InChI is InChI=1S/C9H15ClN2O/c1-6(13)4-5-8-7(2)11-12(3)9(8)10/h6,13H,4-5H2,1-3H3/t6-/m0/s1. The van der Waals surface area contributed by atoms with E-state index < -0.39 is 0 Å². The molecule has 0 aliphatic heterocycles. The van der Waals surface area contributed by atoms with Crippen molar-refractivity contribution < 1.29 is 5.11 Å². The van der Waals surface area contributed by atoms with Gasteiger partial charge in [0, 0.05) is 12.6 Å². The summed E-state index contributed by atoms with van der Waals surface area (Å²) < 4.78 is 1.66. The second-order valence-electron chi connectivity index (χ2n) is 3.37. The Balaban J connectivity index is 2.76. The predicted octanol–water partition coefficient (Wildman–Crippen LogP) is 1.70. The van der Waals surface area contributed by atoms with Crippen LogP contribution in [0.4, 0.5) is 0 Å². The molecule has 4 heteroatoms. The molecule has 1 N–H and O–H groups in total. The molecule has 0 fully saturated rings. The van der Waals surface area contributed by atoms with Gasteiger partial charge in [0.1, 0.15) is 5.15 Å². The maximum atomic E-state index is 9.13. The van der Waals surface area contributed by atoms with Gasteiger partial charge < -0.3 is 5.11 Å². The summed E-state index contributed by atoms with van der Waals surface area (Å²) in [6.07, 6.45) is 1.23. The van der Waals surface area contributed by atoms with Gasteiger partial charge in [-0.05, 0) is 26.7 Å². The van der Waals surface area contributed by atoms with Gasteiger partial charge in [0.25, 0.3) is 0 Å². The van der Waals surface area contributed by atoms with Crippen LogP contribution in [0.25, 0.3) is 0 Å². The van der Waals surface area contributed by atoms with E-state index in [1.165, 1.54) is 0 Å². The molecule has 0 radical (unpaired) electrons. The fraction of sp³-hybridized carbons (Fsp3) is 0.667. The Morgan fingerprint density at radius 1 is 1.62 bits per heavy atom. The highest BCUT2D eigenvalue weighted by molar-refractivity contribution is 6.30. The molecular weight excluding hydrogens is 188 g/mol. The van der Waals surface area contributed by atoms with Crippen molar-refractivity contribution in [1.82, 2.24) is 9.78 Å². The first-order chi connectivity index (χ1) is 6.02. The van der Waals surface area contributed by atoms with Crippen LogP contribution in [0.3, 0.4) is 0 Å². The van der Waals surface area contributed by atoms with Crippen LogP contribution in [0.15, 0.2) is 0 Å². The Labute approximate surface area is 83.3 Å². The van der Waals surface area contributed by atoms with E-state index in [-0.39, 0.29) is 6.10 Å². The topological polar surface area (TPSA) is 38.0 Å². The van der Waals surface area contributed by atoms with Crippen LogP contribution < -0.4 is 0 Å². The Kier molecular flexibility index (Phi) is 3.33. The van der Waals surface area contributed by atoms with Gasteiger partial charge in [-0.2, -0.15) is 5.10 Å². The quantitative estimate of drug-likeness (QED) is 0.810. The van der Waals surface area contributed by atoms with Crippen LogP contribution in [0.2, 0.25) is 5.15 Å². The first-order valence-electron chi connectivity index (χ1n) is 4.38. The van der Waals surface area contributed by atoms with Crippen molar-refractivity contribution >= 4 is 11.6 Å². The lowest BCUT2D eigenvalue weighted by atomic mass is 10.1. The summed E-state index contributed by atoms with van der Waals surface area (Å²) in [6, 6.07) is 0. The highest BCUT2D eigenvalue weighted by Crippen LogP contribution is 2.20. The number of hydrogen-bond donors (Lipinski definition) is 1. The maximum Gasteiger partial charge on any atom is 0.130 e. The molecule has 1 rings (SSSR count). The molecule has 1 heterocycles. The zero-order chi connectivity index (χ0) is 10.0. The van der Waals surface area contributed by atoms with Crippen LogP contribution in [0, 0.1) is 6.92 Å². The van der Waals surface area contributed by atoms with Crippen molar-refractivity contribution in [2.45, 2.75) is 32.8 Å². The molecule has 1 aromatic rings. The fourth-order valence-corrected chi connectivity index (χ4v) is 1.58. The van der Waals surface area contributed by atoms with Crippen LogP contribution in [0.1, 0.15) is 24.6 Å². The van der Waals surface area contributed by atoms with Gasteiger partial charge in [0.15, 0.2) is 0 Å². The van der Waals surface area contributed by atoms with Gasteiger partial charge >= 0.3 is 0 Å². The minimum absolute atomic E-state index is 0.282. The zero-order valence-corrected chi connectivity index (χ0v) is 8.97. The molecular formula is C9H15ClN2O. The Morgan fingerprint density at radius 3 is 2.62 bits per heavy atom. The second kappa shape index (κ2) is 4.11. The third kappa shape index (κ3) is 2.45. The molecule has 74 valence electrons. The third-order valence-electron chi connectivity index (χ3n) is 2.08. The molecule has 0 spiro atoms. The minimum atomic E-state index is -0.282. The van der Waals surface area contributed by atoms with E-state index in [1.807, 2.05) is 14.0 Å². The SMILES string of the molecule is Cc1nn(C)c(Cl)c1CC[C@H](C)O. The number of rotatable bonds is 3. The summed E-state index contributed by atoms with van der Waals surface area (Å²) >= 11 is 6.02. The zero-order valence-electron chi connectivity index (χ0n) is 8.21. The Morgan fingerprint density at radius 2 is 2.23 bits per heavy atom. The lowest BCUT2D eigenvalue weighted by Crippen LogP contribution is -2.02. The van der Waals surface area contributed by atoms with Crippen molar-refractivity contribution in [1.29, 1.82) is 0 Å². The second-order valence-corrected chi connectivity index (χ2v) is 3.72. The molecule has 13 heavy (non-hydrogen) atoms. The van der Waals surface area contributed by atoms with E-state index in [1.54, 1.807) is 11.6 Å². The average molecular weight is 203 g/mol. The molecule has 0 saturated carbocycles. The molecule has 0 bridgehead atoms. The van der Waals surface area contributed by atoms with Gasteiger partial charge in [0.2, 0.25) is 0 Å². The molecule has 0 unspecified atom stereocenters. The van der Waals surface area contributed by atoms with Crippen molar-refractivity contribution in [3.8, 4) is 0 Å². The molecule has 0 amide bonds. The number of nitrogens with zero attached hydrogens (tertiary/aromatic N) is 2. The number of aromatic nitrogens is 2. The van der Waals surface area contributed by atoms with Crippen LogP contribution in [-0.2, 0) is 13.5 Å². The summed E-state index contributed by atoms with van der Waals surface area (Å²) in [6.45, 7) is 3.71. The Bertz CT molecular complexity index is 294. The van der Waals surface area contributed by atoms with Crippen LogP contribution in [0.5, 0.6) is 0 Å². The summed E-state index contributed by atoms with van der Waals surface area (Å²) in [5.41, 5.74) is 2.00. The molecule has 0 aromatic carbocycles. The van der Waals surface area contributed by atoms with Gasteiger partial charge in [0.05, 0.1) is 11.8 Å². The first kappa shape index (κ1) is 10.5. The molecule has 0 aliphatic carbocycles. The molecule has 1 atom stereocenters. The van der Waals surface area contributed by atoms with Crippen molar-refractivity contribution in [2.24, 2.45) is 7.05 Å². The van der Waals surface area contributed by atoms with Crippen molar-refractivity contribution in [3.05, 3.63) is 16.4 Å². The van der Waals surface area contributed by atoms with E-state index in [0.717, 1.165) is 24.1 Å². The monoisotopic (exact) mass is 202 g/mol. The minimum Gasteiger partial charge on any atom is -0.393 e. The Hall–Kier alpha value is -0.540. The van der Waals surface area contributed by atoms with E-state index in [4.69, 9.17) is 16.7 Å².